The summed E-state index contributed by atoms with van der Waals surface area (Å²) in [6, 6.07) is 6.19. The van der Waals surface area contributed by atoms with Crippen LogP contribution in [0.3, 0.4) is 0 Å². The number of benzene rings is 1. The van der Waals surface area contributed by atoms with Crippen LogP contribution in [0.4, 0.5) is 11.6 Å². The zero-order chi connectivity index (χ0) is 21.4. The molecule has 1 aromatic carbocycles. The first-order valence-electron chi connectivity index (χ1n) is 9.23. The maximum absolute atomic E-state index is 10.7. The van der Waals surface area contributed by atoms with Crippen molar-refractivity contribution < 1.29 is 24.6 Å². The highest BCUT2D eigenvalue weighted by molar-refractivity contribution is 5.79. The van der Waals surface area contributed by atoms with E-state index in [1.165, 1.54) is 23.0 Å². The number of rotatable bonds is 6. The number of anilines is 1. The Morgan fingerprint density at radius 2 is 2.00 bits per heavy atom. The first-order chi connectivity index (χ1) is 14.4. The van der Waals surface area contributed by atoms with E-state index < -0.39 is 29.5 Å². The number of hydrogen-bond acceptors (Lipinski definition) is 10. The van der Waals surface area contributed by atoms with E-state index in [2.05, 4.69) is 15.0 Å². The Hall–Kier alpha value is -3.35. The van der Waals surface area contributed by atoms with Crippen LogP contribution >= 0.6 is 0 Å². The van der Waals surface area contributed by atoms with Crippen molar-refractivity contribution in [3.63, 3.8) is 0 Å². The van der Waals surface area contributed by atoms with Gasteiger partial charge in [-0.2, -0.15) is 4.98 Å². The summed E-state index contributed by atoms with van der Waals surface area (Å²) in [4.78, 5) is 22.8. The molecule has 12 heteroatoms. The summed E-state index contributed by atoms with van der Waals surface area (Å²) >= 11 is 0. The number of aliphatic hydroxyl groups is 2. The topological polar surface area (TPSA) is 172 Å². The first-order valence-corrected chi connectivity index (χ1v) is 9.23. The Morgan fingerprint density at radius 3 is 2.63 bits per heavy atom. The highest BCUT2D eigenvalue weighted by Crippen LogP contribution is 2.34. The van der Waals surface area contributed by atoms with Crippen molar-refractivity contribution in [1.82, 2.24) is 19.5 Å². The van der Waals surface area contributed by atoms with Crippen LogP contribution in [-0.4, -0.2) is 59.6 Å². The van der Waals surface area contributed by atoms with Crippen molar-refractivity contribution in [3.8, 4) is 5.88 Å². The molecule has 1 saturated heterocycles. The number of nitrogens with two attached hydrogens (primary N) is 1. The lowest BCUT2D eigenvalue weighted by Crippen LogP contribution is -2.30. The van der Waals surface area contributed by atoms with Gasteiger partial charge in [-0.1, -0.05) is 12.1 Å². The van der Waals surface area contributed by atoms with Gasteiger partial charge < -0.3 is 25.4 Å². The minimum atomic E-state index is -1.19. The zero-order valence-corrected chi connectivity index (χ0v) is 16.0. The van der Waals surface area contributed by atoms with Gasteiger partial charge in [0.15, 0.2) is 17.4 Å². The molecule has 3 heterocycles. The molecular formula is C18H20N6O6. The molecule has 1 aliphatic heterocycles. The lowest BCUT2D eigenvalue weighted by molar-refractivity contribution is -0.384. The molecule has 0 radical (unpaired) electrons. The van der Waals surface area contributed by atoms with E-state index >= 15 is 0 Å². The molecule has 2 aromatic heterocycles. The second-order valence-electron chi connectivity index (χ2n) is 6.93. The number of imidazole rings is 1. The third-order valence-corrected chi connectivity index (χ3v) is 4.98. The van der Waals surface area contributed by atoms with Crippen LogP contribution in [0.5, 0.6) is 5.88 Å². The summed E-state index contributed by atoms with van der Waals surface area (Å²) in [5.74, 6) is 0.240. The lowest BCUT2D eigenvalue weighted by atomic mass is 10.1. The number of ether oxygens (including phenoxy) is 2. The molecule has 12 nitrogen and oxygen atoms in total. The van der Waals surface area contributed by atoms with E-state index in [0.717, 1.165) is 5.56 Å². The molecule has 0 spiro atoms. The molecule has 1 fully saturated rings. The Bertz CT molecular complexity index is 1070. The maximum atomic E-state index is 10.7. The molecule has 0 bridgehead atoms. The van der Waals surface area contributed by atoms with Crippen molar-refractivity contribution in [3.05, 3.63) is 46.3 Å². The highest BCUT2D eigenvalue weighted by Gasteiger charge is 2.43. The van der Waals surface area contributed by atoms with Gasteiger partial charge in [0.1, 0.15) is 18.5 Å². The molecule has 3 aromatic rings. The van der Waals surface area contributed by atoms with Crippen LogP contribution in [-0.2, 0) is 11.2 Å². The van der Waals surface area contributed by atoms with E-state index in [1.807, 2.05) is 0 Å². The van der Waals surface area contributed by atoms with Crippen LogP contribution in [0.25, 0.3) is 11.2 Å². The fourth-order valence-corrected chi connectivity index (χ4v) is 3.35. The lowest BCUT2D eigenvalue weighted by Gasteiger charge is -2.17. The molecule has 4 atom stereocenters. The summed E-state index contributed by atoms with van der Waals surface area (Å²) in [5, 5.41) is 31.0. The molecule has 0 aliphatic carbocycles. The molecular weight excluding hydrogens is 396 g/mol. The van der Waals surface area contributed by atoms with Gasteiger partial charge in [0, 0.05) is 18.6 Å². The Labute approximate surface area is 170 Å². The average molecular weight is 416 g/mol. The number of nitrogens with zero attached hydrogens (tertiary/aromatic N) is 5. The van der Waals surface area contributed by atoms with E-state index in [1.54, 1.807) is 19.1 Å². The molecule has 4 rings (SSSR count). The van der Waals surface area contributed by atoms with Crippen molar-refractivity contribution in [2.75, 3.05) is 12.3 Å². The number of nitro benzene ring substituents is 1. The van der Waals surface area contributed by atoms with Crippen LogP contribution in [0.2, 0.25) is 0 Å². The number of aromatic nitrogens is 4. The number of non-ortho nitro benzene ring substituents is 1. The number of fused-ring (bicyclic) bond motifs is 1. The van der Waals surface area contributed by atoms with Gasteiger partial charge >= 0.3 is 0 Å². The molecule has 0 saturated carbocycles. The summed E-state index contributed by atoms with van der Waals surface area (Å²) in [5.41, 5.74) is 7.50. The third kappa shape index (κ3) is 3.51. The minimum absolute atomic E-state index is 0.0222. The summed E-state index contributed by atoms with van der Waals surface area (Å²) in [7, 11) is 0. The predicted octanol–water partition coefficient (Wildman–Crippen LogP) is 0.577. The molecule has 0 amide bonds. The van der Waals surface area contributed by atoms with E-state index in [9.17, 15) is 20.3 Å². The maximum Gasteiger partial charge on any atom is 0.269 e. The second kappa shape index (κ2) is 7.82. The SMILES string of the molecule is C[C@H]1O[C@@H](n2c(N)nc3c(OCCc4ccc([N+](=O)[O-])cc4)ncnc32)[C@H](O)[C@@H]1O. The smallest absolute Gasteiger partial charge is 0.269 e. The number of hydrogen-bond donors (Lipinski definition) is 3. The molecule has 30 heavy (non-hydrogen) atoms. The highest BCUT2D eigenvalue weighted by atomic mass is 16.6. The Morgan fingerprint density at radius 1 is 1.27 bits per heavy atom. The monoisotopic (exact) mass is 416 g/mol. The van der Waals surface area contributed by atoms with Gasteiger partial charge in [-0.15, -0.1) is 0 Å². The fourth-order valence-electron chi connectivity index (χ4n) is 3.35. The van der Waals surface area contributed by atoms with Crippen molar-refractivity contribution in [2.24, 2.45) is 0 Å². The van der Waals surface area contributed by atoms with Crippen molar-refractivity contribution in [2.45, 2.75) is 37.9 Å². The van der Waals surface area contributed by atoms with Crippen LogP contribution < -0.4 is 10.5 Å². The minimum Gasteiger partial charge on any atom is -0.476 e. The van der Waals surface area contributed by atoms with E-state index in [0.29, 0.717) is 17.6 Å². The standard InChI is InChI=1S/C18H20N6O6/c1-9-13(25)14(26)17(30-9)23-15-12(22-18(23)19)16(21-8-20-15)29-7-6-10-2-4-11(5-3-10)24(27)28/h2-5,8-9,13-14,17,25-26H,6-7H2,1H3,(H2,19,22)/t9-,13-,14-,17-/m1/s1. The Kier molecular flexibility index (Phi) is 5.20. The number of nitrogen functional groups attached to an aromatic ring is 1. The zero-order valence-electron chi connectivity index (χ0n) is 16.0. The normalized spacial score (nSPS) is 23.7. The molecule has 4 N–H and O–H groups in total. The number of aliphatic hydroxyl groups excluding tert-OH is 2. The van der Waals surface area contributed by atoms with Gasteiger partial charge in [0.2, 0.25) is 11.8 Å². The number of nitro groups is 1. The van der Waals surface area contributed by atoms with Crippen LogP contribution in [0.15, 0.2) is 30.6 Å². The van der Waals surface area contributed by atoms with Crippen LogP contribution in [0, 0.1) is 10.1 Å². The van der Waals surface area contributed by atoms with Crippen molar-refractivity contribution >= 4 is 22.8 Å². The van der Waals surface area contributed by atoms with E-state index in [4.69, 9.17) is 15.2 Å². The van der Waals surface area contributed by atoms with Gasteiger partial charge in [0.05, 0.1) is 17.6 Å². The van der Waals surface area contributed by atoms with Gasteiger partial charge in [-0.3, -0.25) is 14.7 Å². The fraction of sp³-hybridized carbons (Fsp3) is 0.389. The van der Waals surface area contributed by atoms with Gasteiger partial charge in [-0.05, 0) is 12.5 Å². The molecule has 0 unspecified atom stereocenters. The second-order valence-corrected chi connectivity index (χ2v) is 6.93. The average Bonchev–Trinajstić information content (AvgIpc) is 3.19. The summed E-state index contributed by atoms with van der Waals surface area (Å²) in [6.07, 6.45) is -2.01. The van der Waals surface area contributed by atoms with Crippen LogP contribution in [0.1, 0.15) is 18.7 Å². The van der Waals surface area contributed by atoms with Crippen molar-refractivity contribution in [1.29, 1.82) is 0 Å². The first kappa shape index (κ1) is 19.9. The molecule has 1 aliphatic rings. The van der Waals surface area contributed by atoms with Gasteiger partial charge in [0.25, 0.3) is 5.69 Å². The predicted molar refractivity (Wildman–Crippen MR) is 104 cm³/mol. The largest absolute Gasteiger partial charge is 0.476 e. The molecule has 158 valence electrons. The quantitative estimate of drug-likeness (QED) is 0.381. The van der Waals surface area contributed by atoms with E-state index in [-0.39, 0.29) is 24.1 Å². The Balaban J connectivity index is 1.52. The third-order valence-electron chi connectivity index (χ3n) is 4.98. The summed E-state index contributed by atoms with van der Waals surface area (Å²) in [6.45, 7) is 1.89. The summed E-state index contributed by atoms with van der Waals surface area (Å²) < 4.78 is 12.8. The van der Waals surface area contributed by atoms with Gasteiger partial charge in [-0.25, -0.2) is 9.97 Å².